The first-order valence-electron chi connectivity index (χ1n) is 9.14. The molecule has 0 aliphatic carbocycles. The lowest BCUT2D eigenvalue weighted by Gasteiger charge is -2.35. The Morgan fingerprint density at radius 1 is 1.27 bits per heavy atom. The molecule has 5 heteroatoms. The van der Waals surface area contributed by atoms with E-state index in [4.69, 9.17) is 10.5 Å². The van der Waals surface area contributed by atoms with Crippen molar-refractivity contribution in [2.24, 2.45) is 5.73 Å². The molecule has 0 saturated carbocycles. The number of carbonyl (C=O) groups is 1. The summed E-state index contributed by atoms with van der Waals surface area (Å²) in [6.07, 6.45) is 2.57. The molecular weight excluding hydrogens is 326 g/mol. The van der Waals surface area contributed by atoms with E-state index in [9.17, 15) is 4.79 Å². The molecule has 1 aliphatic heterocycles. The van der Waals surface area contributed by atoms with E-state index < -0.39 is 6.04 Å². The molecule has 1 saturated heterocycles. The minimum Gasteiger partial charge on any atom is -0.497 e. The average Bonchev–Trinajstić information content (AvgIpc) is 2.69. The Balaban J connectivity index is 1.56. The fourth-order valence-corrected chi connectivity index (χ4v) is 3.41. The van der Waals surface area contributed by atoms with Crippen LogP contribution < -0.4 is 20.7 Å². The Morgan fingerprint density at radius 2 is 2.08 bits per heavy atom. The fraction of sp³-hybridized carbons (Fsp3) is 0.381. The highest BCUT2D eigenvalue weighted by atomic mass is 16.5. The number of ether oxygens (including phenoxy) is 1. The van der Waals surface area contributed by atoms with Crippen molar-refractivity contribution < 1.29 is 9.53 Å². The van der Waals surface area contributed by atoms with Crippen LogP contribution in [-0.2, 0) is 11.2 Å². The van der Waals surface area contributed by atoms with E-state index >= 15 is 0 Å². The number of nitrogens with two attached hydrogens (primary N) is 1. The Labute approximate surface area is 155 Å². The molecule has 3 rings (SSSR count). The first kappa shape index (κ1) is 18.3. The predicted octanol–water partition coefficient (Wildman–Crippen LogP) is 2.35. The average molecular weight is 353 g/mol. The van der Waals surface area contributed by atoms with Gasteiger partial charge in [-0.1, -0.05) is 36.4 Å². The highest BCUT2D eigenvalue weighted by Gasteiger charge is 2.24. The van der Waals surface area contributed by atoms with E-state index in [1.807, 2.05) is 48.5 Å². The molecule has 1 aliphatic rings. The number of benzene rings is 2. The number of nitrogens with one attached hydrogen (secondary N) is 1. The monoisotopic (exact) mass is 353 g/mol. The summed E-state index contributed by atoms with van der Waals surface area (Å²) in [4.78, 5) is 14.8. The third-order valence-corrected chi connectivity index (χ3v) is 4.82. The lowest BCUT2D eigenvalue weighted by molar-refractivity contribution is -0.123. The number of anilines is 1. The van der Waals surface area contributed by atoms with Gasteiger partial charge in [0, 0.05) is 30.9 Å². The van der Waals surface area contributed by atoms with E-state index in [1.165, 1.54) is 0 Å². The number of hydrogen-bond donors (Lipinski definition) is 2. The van der Waals surface area contributed by atoms with Gasteiger partial charge >= 0.3 is 0 Å². The SMILES string of the molecule is COc1cccc(N2CCCC(NC(=O)C(N)Cc3ccccc3)C2)c1. The Hall–Kier alpha value is -2.53. The van der Waals surface area contributed by atoms with Crippen molar-refractivity contribution in [2.45, 2.75) is 31.3 Å². The van der Waals surface area contributed by atoms with Crippen LogP contribution in [0.2, 0.25) is 0 Å². The first-order valence-corrected chi connectivity index (χ1v) is 9.14. The zero-order valence-corrected chi connectivity index (χ0v) is 15.2. The lowest BCUT2D eigenvalue weighted by atomic mass is 10.0. The van der Waals surface area contributed by atoms with Crippen LogP contribution in [0.25, 0.3) is 0 Å². The van der Waals surface area contributed by atoms with Crippen LogP contribution in [0.4, 0.5) is 5.69 Å². The van der Waals surface area contributed by atoms with Gasteiger partial charge in [0.2, 0.25) is 5.91 Å². The first-order chi connectivity index (χ1) is 12.7. The molecule has 3 N–H and O–H groups in total. The highest BCUT2D eigenvalue weighted by molar-refractivity contribution is 5.82. The Kier molecular flexibility index (Phi) is 6.12. The molecule has 1 heterocycles. The van der Waals surface area contributed by atoms with E-state index in [0.29, 0.717) is 6.42 Å². The summed E-state index contributed by atoms with van der Waals surface area (Å²) in [6.45, 7) is 1.77. The fourth-order valence-electron chi connectivity index (χ4n) is 3.41. The van der Waals surface area contributed by atoms with Gasteiger partial charge in [0.1, 0.15) is 5.75 Å². The minimum atomic E-state index is -0.524. The molecule has 2 unspecified atom stereocenters. The van der Waals surface area contributed by atoms with Crippen molar-refractivity contribution in [1.82, 2.24) is 5.32 Å². The largest absolute Gasteiger partial charge is 0.497 e. The molecular formula is C21H27N3O2. The van der Waals surface area contributed by atoms with E-state index in [1.54, 1.807) is 7.11 Å². The summed E-state index contributed by atoms with van der Waals surface area (Å²) >= 11 is 0. The summed E-state index contributed by atoms with van der Waals surface area (Å²) < 4.78 is 5.31. The van der Waals surface area contributed by atoms with Crippen LogP contribution in [0.15, 0.2) is 54.6 Å². The second-order valence-electron chi connectivity index (χ2n) is 6.79. The summed E-state index contributed by atoms with van der Waals surface area (Å²) in [5.74, 6) is 0.768. The maximum absolute atomic E-state index is 12.5. The molecule has 138 valence electrons. The van der Waals surface area contributed by atoms with E-state index in [0.717, 1.165) is 42.9 Å². The Bertz CT molecular complexity index is 720. The molecule has 0 radical (unpaired) electrons. The molecule has 5 nitrogen and oxygen atoms in total. The smallest absolute Gasteiger partial charge is 0.237 e. The van der Waals surface area contributed by atoms with Crippen LogP contribution in [0, 0.1) is 0 Å². The standard InChI is InChI=1S/C21H27N3O2/c1-26-19-11-5-10-18(14-19)24-12-6-9-17(15-24)23-21(25)20(22)13-16-7-3-2-4-8-16/h2-5,7-8,10-11,14,17,20H,6,9,12-13,15,22H2,1H3,(H,23,25). The molecule has 2 aromatic rings. The van der Waals surface area contributed by atoms with Gasteiger partial charge in [-0.05, 0) is 37.0 Å². The number of hydrogen-bond acceptors (Lipinski definition) is 4. The lowest BCUT2D eigenvalue weighted by Crippen LogP contribution is -2.52. The van der Waals surface area contributed by atoms with Crippen molar-refractivity contribution in [2.75, 3.05) is 25.1 Å². The zero-order chi connectivity index (χ0) is 18.4. The van der Waals surface area contributed by atoms with Crippen molar-refractivity contribution in [3.63, 3.8) is 0 Å². The number of nitrogens with zero attached hydrogens (tertiary/aromatic N) is 1. The quantitative estimate of drug-likeness (QED) is 0.837. The number of amides is 1. The second-order valence-corrected chi connectivity index (χ2v) is 6.79. The van der Waals surface area contributed by atoms with Crippen molar-refractivity contribution in [1.29, 1.82) is 0 Å². The van der Waals surface area contributed by atoms with Gasteiger partial charge in [0.25, 0.3) is 0 Å². The molecule has 2 aromatic carbocycles. The summed E-state index contributed by atoms with van der Waals surface area (Å²) in [6, 6.07) is 17.5. The third-order valence-electron chi connectivity index (χ3n) is 4.82. The third kappa shape index (κ3) is 4.76. The van der Waals surface area contributed by atoms with Gasteiger partial charge < -0.3 is 20.7 Å². The maximum Gasteiger partial charge on any atom is 0.237 e. The molecule has 0 bridgehead atoms. The molecule has 2 atom stereocenters. The normalized spacial score (nSPS) is 18.2. The van der Waals surface area contributed by atoms with Gasteiger partial charge in [-0.3, -0.25) is 4.79 Å². The van der Waals surface area contributed by atoms with Gasteiger partial charge in [0.05, 0.1) is 13.2 Å². The maximum atomic E-state index is 12.5. The van der Waals surface area contributed by atoms with Crippen LogP contribution in [-0.4, -0.2) is 38.2 Å². The second kappa shape index (κ2) is 8.72. The number of carbonyl (C=O) groups excluding carboxylic acids is 1. The van der Waals surface area contributed by atoms with Crippen molar-refractivity contribution >= 4 is 11.6 Å². The van der Waals surface area contributed by atoms with Crippen molar-refractivity contribution in [3.8, 4) is 5.75 Å². The van der Waals surface area contributed by atoms with Crippen molar-refractivity contribution in [3.05, 3.63) is 60.2 Å². The van der Waals surface area contributed by atoms with Gasteiger partial charge in [-0.25, -0.2) is 0 Å². The van der Waals surface area contributed by atoms with Crippen LogP contribution in [0.1, 0.15) is 18.4 Å². The van der Waals surface area contributed by atoms with Gasteiger partial charge in [0.15, 0.2) is 0 Å². The molecule has 0 spiro atoms. The Morgan fingerprint density at radius 3 is 2.85 bits per heavy atom. The molecule has 1 amide bonds. The van der Waals surface area contributed by atoms with E-state index in [2.05, 4.69) is 16.3 Å². The number of methoxy groups -OCH3 is 1. The molecule has 1 fully saturated rings. The summed E-state index contributed by atoms with van der Waals surface area (Å²) in [7, 11) is 1.67. The number of rotatable bonds is 6. The van der Waals surface area contributed by atoms with Gasteiger partial charge in [-0.2, -0.15) is 0 Å². The zero-order valence-electron chi connectivity index (χ0n) is 15.2. The predicted molar refractivity (Wildman–Crippen MR) is 104 cm³/mol. The van der Waals surface area contributed by atoms with E-state index in [-0.39, 0.29) is 11.9 Å². The van der Waals surface area contributed by atoms with Crippen LogP contribution in [0.3, 0.4) is 0 Å². The minimum absolute atomic E-state index is 0.0775. The molecule has 26 heavy (non-hydrogen) atoms. The topological polar surface area (TPSA) is 67.6 Å². The number of piperidine rings is 1. The van der Waals surface area contributed by atoms with Crippen LogP contribution >= 0.6 is 0 Å². The summed E-state index contributed by atoms with van der Waals surface area (Å²) in [5.41, 5.74) is 8.31. The summed E-state index contributed by atoms with van der Waals surface area (Å²) in [5, 5.41) is 3.13. The highest BCUT2D eigenvalue weighted by Crippen LogP contribution is 2.24. The molecule has 0 aromatic heterocycles. The van der Waals surface area contributed by atoms with Crippen LogP contribution in [0.5, 0.6) is 5.75 Å². The van der Waals surface area contributed by atoms with Gasteiger partial charge in [-0.15, -0.1) is 0 Å².